The van der Waals surface area contributed by atoms with Gasteiger partial charge in [-0.1, -0.05) is 11.3 Å². The predicted octanol–water partition coefficient (Wildman–Crippen LogP) is 1.22. The Balaban J connectivity index is 3.00. The summed E-state index contributed by atoms with van der Waals surface area (Å²) in [4.78, 5) is 31.7. The Kier molecular flexibility index (Phi) is 3.94. The van der Waals surface area contributed by atoms with Crippen molar-refractivity contribution in [3.8, 4) is 0 Å². The molecule has 7 nitrogen and oxygen atoms in total. The summed E-state index contributed by atoms with van der Waals surface area (Å²) < 4.78 is 0. The molecule has 1 aromatic heterocycles. The van der Waals surface area contributed by atoms with Crippen LogP contribution in [0.2, 0.25) is 0 Å². The number of hydrogen-bond acceptors (Lipinski definition) is 5. The van der Waals surface area contributed by atoms with Crippen LogP contribution < -0.4 is 5.32 Å². The topological polar surface area (TPSA) is 110 Å². The molecule has 0 aliphatic carbocycles. The number of carboxylic acids is 1. The fourth-order valence-corrected chi connectivity index (χ4v) is 1.77. The quantitative estimate of drug-likeness (QED) is 0.478. The fourth-order valence-electron chi connectivity index (χ4n) is 1.00. The van der Waals surface area contributed by atoms with Crippen molar-refractivity contribution in [1.82, 2.24) is 5.32 Å². The zero-order valence-corrected chi connectivity index (χ0v) is 9.48. The van der Waals surface area contributed by atoms with E-state index in [1.807, 2.05) is 0 Å². The van der Waals surface area contributed by atoms with Gasteiger partial charge < -0.3 is 10.4 Å². The molecule has 1 heterocycles. The largest absolute Gasteiger partial charge is 0.477 e. The summed E-state index contributed by atoms with van der Waals surface area (Å²) in [7, 11) is 0. The number of rotatable bonds is 4. The molecule has 0 aliphatic rings. The van der Waals surface area contributed by atoms with Gasteiger partial charge in [0.1, 0.15) is 5.70 Å². The number of thiophene rings is 1. The lowest BCUT2D eigenvalue weighted by molar-refractivity contribution is -0.380. The van der Waals surface area contributed by atoms with Crippen LogP contribution in [-0.4, -0.2) is 21.9 Å². The lowest BCUT2D eigenvalue weighted by Crippen LogP contribution is -2.24. The maximum Gasteiger partial charge on any atom is 0.352 e. The molecule has 0 saturated carbocycles. The molecule has 0 aliphatic heterocycles. The highest BCUT2D eigenvalue weighted by Crippen LogP contribution is 2.25. The van der Waals surface area contributed by atoms with E-state index in [0.717, 1.165) is 11.3 Å². The van der Waals surface area contributed by atoms with Crippen LogP contribution in [0, 0.1) is 10.1 Å². The van der Waals surface area contributed by atoms with Crippen molar-refractivity contribution in [2.45, 2.75) is 6.92 Å². The number of hydrogen-bond donors (Lipinski definition) is 2. The van der Waals surface area contributed by atoms with Crippen LogP contribution in [0.25, 0.3) is 6.08 Å². The van der Waals surface area contributed by atoms with Gasteiger partial charge in [-0.3, -0.25) is 14.9 Å². The Morgan fingerprint density at radius 1 is 1.53 bits per heavy atom. The monoisotopic (exact) mass is 256 g/mol. The first-order chi connectivity index (χ1) is 7.90. The SMILES string of the molecule is CC(=O)N/C(=C\c1ccc([N+](=O)[O-])s1)C(=O)O. The van der Waals surface area contributed by atoms with E-state index in [9.17, 15) is 19.7 Å². The second-order valence-electron chi connectivity index (χ2n) is 2.98. The van der Waals surface area contributed by atoms with E-state index in [2.05, 4.69) is 5.32 Å². The molecule has 1 rings (SSSR count). The molecule has 8 heteroatoms. The molecular weight excluding hydrogens is 248 g/mol. The Labute approximate surface area is 99.5 Å². The van der Waals surface area contributed by atoms with E-state index in [0.29, 0.717) is 4.88 Å². The van der Waals surface area contributed by atoms with E-state index in [-0.39, 0.29) is 10.7 Å². The van der Waals surface area contributed by atoms with Gasteiger partial charge in [-0.2, -0.15) is 0 Å². The van der Waals surface area contributed by atoms with E-state index in [1.54, 1.807) is 0 Å². The molecule has 17 heavy (non-hydrogen) atoms. The summed E-state index contributed by atoms with van der Waals surface area (Å²) in [5.41, 5.74) is -0.325. The Bertz CT molecular complexity index is 505. The molecule has 2 N–H and O–H groups in total. The molecular formula is C9H8N2O5S. The third kappa shape index (κ3) is 3.68. The van der Waals surface area contributed by atoms with Gasteiger partial charge >= 0.3 is 11.0 Å². The van der Waals surface area contributed by atoms with Gasteiger partial charge in [-0.05, 0) is 12.1 Å². The number of nitro groups is 1. The maximum atomic E-state index is 10.8. The summed E-state index contributed by atoms with van der Waals surface area (Å²) in [5.74, 6) is -1.83. The number of amides is 1. The van der Waals surface area contributed by atoms with Crippen LogP contribution in [0.4, 0.5) is 5.00 Å². The number of nitrogens with zero attached hydrogens (tertiary/aromatic N) is 1. The average Bonchev–Trinajstić information content (AvgIpc) is 2.64. The number of carboxylic acid groups (broad SMARTS) is 1. The minimum absolute atomic E-state index is 0.0937. The van der Waals surface area contributed by atoms with Crippen molar-refractivity contribution in [3.05, 3.63) is 32.8 Å². The average molecular weight is 256 g/mol. The van der Waals surface area contributed by atoms with Crippen molar-refractivity contribution in [2.75, 3.05) is 0 Å². The van der Waals surface area contributed by atoms with Crippen molar-refractivity contribution in [1.29, 1.82) is 0 Å². The Hall–Kier alpha value is -2.22. The van der Waals surface area contributed by atoms with Gasteiger partial charge in [0, 0.05) is 17.9 Å². The molecule has 0 saturated heterocycles. The summed E-state index contributed by atoms with van der Waals surface area (Å²) in [6.07, 6.45) is 1.17. The molecule has 0 spiro atoms. The Morgan fingerprint density at radius 3 is 2.59 bits per heavy atom. The van der Waals surface area contributed by atoms with Gasteiger partial charge in [0.2, 0.25) is 5.91 Å². The van der Waals surface area contributed by atoms with Gasteiger partial charge in [-0.15, -0.1) is 0 Å². The third-order valence-corrected chi connectivity index (χ3v) is 2.60. The molecule has 90 valence electrons. The summed E-state index contributed by atoms with van der Waals surface area (Å²) in [5, 5.41) is 21.2. The summed E-state index contributed by atoms with van der Waals surface area (Å²) >= 11 is 0.824. The van der Waals surface area contributed by atoms with Gasteiger partial charge in [0.15, 0.2) is 0 Å². The van der Waals surface area contributed by atoms with Crippen molar-refractivity contribution in [3.63, 3.8) is 0 Å². The molecule has 0 bridgehead atoms. The minimum Gasteiger partial charge on any atom is -0.477 e. The fraction of sp³-hybridized carbons (Fsp3) is 0.111. The zero-order chi connectivity index (χ0) is 13.0. The summed E-state index contributed by atoms with van der Waals surface area (Å²) in [6.45, 7) is 1.17. The van der Waals surface area contributed by atoms with Crippen molar-refractivity contribution < 1.29 is 19.6 Å². The molecule has 1 aromatic rings. The van der Waals surface area contributed by atoms with Gasteiger partial charge in [0.05, 0.1) is 4.92 Å². The minimum atomic E-state index is -1.31. The first-order valence-electron chi connectivity index (χ1n) is 4.37. The highest BCUT2D eigenvalue weighted by atomic mass is 32.1. The van der Waals surface area contributed by atoms with Crippen LogP contribution in [0.15, 0.2) is 17.8 Å². The normalized spacial score (nSPS) is 11.0. The lowest BCUT2D eigenvalue weighted by Gasteiger charge is -2.00. The van der Waals surface area contributed by atoms with Crippen LogP contribution in [0.1, 0.15) is 11.8 Å². The van der Waals surface area contributed by atoms with Crippen LogP contribution in [0.3, 0.4) is 0 Å². The molecule has 0 unspecified atom stereocenters. The smallest absolute Gasteiger partial charge is 0.352 e. The lowest BCUT2D eigenvalue weighted by atomic mass is 10.3. The Morgan fingerprint density at radius 2 is 2.18 bits per heavy atom. The van der Waals surface area contributed by atoms with E-state index >= 15 is 0 Å². The molecule has 1 amide bonds. The van der Waals surface area contributed by atoms with Crippen LogP contribution in [0.5, 0.6) is 0 Å². The highest BCUT2D eigenvalue weighted by molar-refractivity contribution is 7.16. The second-order valence-corrected chi connectivity index (χ2v) is 4.07. The molecule has 0 radical (unpaired) electrons. The van der Waals surface area contributed by atoms with Crippen molar-refractivity contribution >= 4 is 34.3 Å². The third-order valence-electron chi connectivity index (χ3n) is 1.62. The van der Waals surface area contributed by atoms with Gasteiger partial charge in [-0.25, -0.2) is 4.79 Å². The first-order valence-corrected chi connectivity index (χ1v) is 5.18. The molecule has 0 fully saturated rings. The van der Waals surface area contributed by atoms with Crippen LogP contribution in [-0.2, 0) is 9.59 Å². The van der Waals surface area contributed by atoms with E-state index < -0.39 is 16.8 Å². The standard InChI is InChI=1S/C9H8N2O5S/c1-5(12)10-7(9(13)14)4-6-2-3-8(17-6)11(15)16/h2-4H,1H3,(H,10,12)(H,13,14)/b7-4-. The zero-order valence-electron chi connectivity index (χ0n) is 8.67. The number of nitrogens with one attached hydrogen (secondary N) is 1. The second kappa shape index (κ2) is 5.21. The highest BCUT2D eigenvalue weighted by Gasteiger charge is 2.12. The van der Waals surface area contributed by atoms with Crippen LogP contribution >= 0.6 is 11.3 Å². The van der Waals surface area contributed by atoms with E-state index in [4.69, 9.17) is 5.11 Å². The first kappa shape index (κ1) is 12.8. The summed E-state index contributed by atoms with van der Waals surface area (Å²) in [6, 6.07) is 2.68. The number of carbonyl (C=O) groups is 2. The van der Waals surface area contributed by atoms with Crippen molar-refractivity contribution in [2.24, 2.45) is 0 Å². The van der Waals surface area contributed by atoms with Gasteiger partial charge in [0.25, 0.3) is 0 Å². The number of carbonyl (C=O) groups excluding carboxylic acids is 1. The maximum absolute atomic E-state index is 10.8. The molecule has 0 atom stereocenters. The molecule has 0 aromatic carbocycles. The number of aliphatic carboxylic acids is 1. The van der Waals surface area contributed by atoms with E-state index in [1.165, 1.54) is 25.1 Å². The predicted molar refractivity (Wildman–Crippen MR) is 60.4 cm³/mol.